The third kappa shape index (κ3) is 2.79. The average Bonchev–Trinajstić information content (AvgIpc) is 2.64. The Kier molecular flexibility index (Phi) is 3.06. The highest BCUT2D eigenvalue weighted by atomic mass is 32.1. The van der Waals surface area contributed by atoms with E-state index in [4.69, 9.17) is 9.84 Å². The molecule has 0 bridgehead atoms. The van der Waals surface area contributed by atoms with Crippen LogP contribution >= 0.6 is 11.3 Å². The molecule has 88 valence electrons. The summed E-state index contributed by atoms with van der Waals surface area (Å²) in [5.74, 6) is -2.37. The number of benzene rings is 1. The molecular weight excluding hydrogens is 250 g/mol. The molecule has 0 fully saturated rings. The fourth-order valence-electron chi connectivity index (χ4n) is 1.21. The van der Waals surface area contributed by atoms with Crippen molar-refractivity contribution < 1.29 is 23.4 Å². The summed E-state index contributed by atoms with van der Waals surface area (Å²) in [4.78, 5) is 10.7. The molecule has 0 saturated heterocycles. The minimum absolute atomic E-state index is 0.0164. The summed E-state index contributed by atoms with van der Waals surface area (Å²) in [7, 11) is 0. The molecule has 0 aliphatic carbocycles. The van der Waals surface area contributed by atoms with Gasteiger partial charge >= 0.3 is 5.97 Å². The van der Waals surface area contributed by atoms with Gasteiger partial charge in [-0.15, -0.1) is 11.3 Å². The monoisotopic (exact) mass is 256 g/mol. The van der Waals surface area contributed by atoms with Crippen LogP contribution in [0.1, 0.15) is 9.67 Å². The molecule has 0 aliphatic heterocycles. The predicted octanol–water partition coefficient (Wildman–Crippen LogP) is 3.52. The Hall–Kier alpha value is -1.95. The highest BCUT2D eigenvalue weighted by Gasteiger charge is 2.09. The van der Waals surface area contributed by atoms with E-state index in [1.165, 1.54) is 11.4 Å². The van der Waals surface area contributed by atoms with Crippen LogP contribution in [-0.2, 0) is 0 Å². The molecule has 1 aromatic heterocycles. The van der Waals surface area contributed by atoms with Crippen molar-refractivity contribution in [3.05, 3.63) is 46.2 Å². The molecule has 0 unspecified atom stereocenters. The van der Waals surface area contributed by atoms with Crippen molar-refractivity contribution >= 4 is 17.3 Å². The van der Waals surface area contributed by atoms with E-state index in [0.29, 0.717) is 0 Å². The first-order valence-corrected chi connectivity index (χ1v) is 5.38. The number of carbonyl (C=O) groups is 1. The van der Waals surface area contributed by atoms with Crippen molar-refractivity contribution in [3.8, 4) is 11.5 Å². The minimum Gasteiger partial charge on any atom is -0.477 e. The molecule has 0 radical (unpaired) electrons. The van der Waals surface area contributed by atoms with Crippen LogP contribution < -0.4 is 4.74 Å². The fraction of sp³-hybridized carbons (Fsp3) is 0. The second-order valence-corrected chi connectivity index (χ2v) is 4.07. The van der Waals surface area contributed by atoms with Gasteiger partial charge in [-0.2, -0.15) is 0 Å². The zero-order chi connectivity index (χ0) is 12.4. The van der Waals surface area contributed by atoms with Crippen LogP contribution in [-0.4, -0.2) is 11.1 Å². The largest absolute Gasteiger partial charge is 0.477 e. The molecule has 3 nitrogen and oxygen atoms in total. The molecule has 2 aromatic rings. The Labute approximate surface area is 98.9 Å². The van der Waals surface area contributed by atoms with Crippen LogP contribution in [0.15, 0.2) is 29.6 Å². The van der Waals surface area contributed by atoms with Crippen LogP contribution in [0.3, 0.4) is 0 Å². The van der Waals surface area contributed by atoms with Crippen LogP contribution in [0.5, 0.6) is 11.5 Å². The van der Waals surface area contributed by atoms with Crippen molar-refractivity contribution in [3.63, 3.8) is 0 Å². The minimum atomic E-state index is -1.07. The lowest BCUT2D eigenvalue weighted by molar-refractivity contribution is 0.0702. The number of hydrogen-bond acceptors (Lipinski definition) is 3. The van der Waals surface area contributed by atoms with Crippen molar-refractivity contribution in [2.75, 3.05) is 0 Å². The Morgan fingerprint density at radius 1 is 1.12 bits per heavy atom. The van der Waals surface area contributed by atoms with Crippen molar-refractivity contribution in [2.45, 2.75) is 0 Å². The summed E-state index contributed by atoms with van der Waals surface area (Å²) in [6.07, 6.45) is 0. The zero-order valence-electron chi connectivity index (χ0n) is 8.31. The summed E-state index contributed by atoms with van der Waals surface area (Å²) >= 11 is 0.973. The van der Waals surface area contributed by atoms with Crippen LogP contribution in [0.2, 0.25) is 0 Å². The van der Waals surface area contributed by atoms with Crippen molar-refractivity contribution in [2.24, 2.45) is 0 Å². The van der Waals surface area contributed by atoms with Gasteiger partial charge in [-0.05, 0) is 0 Å². The molecule has 1 N–H and O–H groups in total. The number of carboxylic acids is 1. The second kappa shape index (κ2) is 4.50. The average molecular weight is 256 g/mol. The lowest BCUT2D eigenvalue weighted by atomic mass is 10.3. The molecular formula is C11H6F2O3S. The Morgan fingerprint density at radius 3 is 2.29 bits per heavy atom. The first-order valence-electron chi connectivity index (χ1n) is 4.50. The number of halogens is 2. The van der Waals surface area contributed by atoms with E-state index in [1.807, 2.05) is 0 Å². The standard InChI is InChI=1S/C11H6F2O3S/c12-6-1-7(13)3-8(2-6)16-9-4-10(11(14)15)17-5-9/h1-5H,(H,14,15). The molecule has 0 atom stereocenters. The van der Waals surface area contributed by atoms with Crippen LogP contribution in [0.4, 0.5) is 8.78 Å². The molecule has 2 rings (SSSR count). The topological polar surface area (TPSA) is 46.5 Å². The number of aromatic carboxylic acids is 1. The smallest absolute Gasteiger partial charge is 0.346 e. The molecule has 6 heteroatoms. The van der Waals surface area contributed by atoms with E-state index in [-0.39, 0.29) is 16.4 Å². The van der Waals surface area contributed by atoms with Crippen molar-refractivity contribution in [1.29, 1.82) is 0 Å². The molecule has 1 heterocycles. The van der Waals surface area contributed by atoms with E-state index >= 15 is 0 Å². The summed E-state index contributed by atoms with van der Waals surface area (Å²) in [6, 6.07) is 4.04. The normalized spacial score (nSPS) is 10.2. The molecule has 0 amide bonds. The lowest BCUT2D eigenvalue weighted by Crippen LogP contribution is -1.90. The van der Waals surface area contributed by atoms with Gasteiger partial charge in [0, 0.05) is 29.6 Å². The van der Waals surface area contributed by atoms with Gasteiger partial charge in [0.2, 0.25) is 0 Å². The molecule has 0 aliphatic rings. The Morgan fingerprint density at radius 2 is 1.76 bits per heavy atom. The highest BCUT2D eigenvalue weighted by molar-refractivity contribution is 7.12. The molecule has 1 aromatic carbocycles. The Bertz CT molecular complexity index is 545. The maximum absolute atomic E-state index is 12.9. The van der Waals surface area contributed by atoms with E-state index in [9.17, 15) is 13.6 Å². The summed E-state index contributed by atoms with van der Waals surface area (Å²) < 4.78 is 30.8. The Balaban J connectivity index is 2.22. The number of rotatable bonds is 3. The quantitative estimate of drug-likeness (QED) is 0.913. The number of ether oxygens (including phenoxy) is 1. The number of thiophene rings is 1. The predicted molar refractivity (Wildman–Crippen MR) is 57.7 cm³/mol. The summed E-state index contributed by atoms with van der Waals surface area (Å²) in [5, 5.41) is 10.1. The van der Waals surface area contributed by atoms with Crippen molar-refractivity contribution in [1.82, 2.24) is 0 Å². The molecule has 0 spiro atoms. The van der Waals surface area contributed by atoms with Gasteiger partial charge in [0.05, 0.1) is 0 Å². The SMILES string of the molecule is O=C(O)c1cc(Oc2cc(F)cc(F)c2)cs1. The van der Waals surface area contributed by atoms with Gasteiger partial charge in [-0.1, -0.05) is 0 Å². The van der Waals surface area contributed by atoms with E-state index in [2.05, 4.69) is 0 Å². The first-order chi connectivity index (χ1) is 8.04. The van der Waals surface area contributed by atoms with Gasteiger partial charge in [0.15, 0.2) is 0 Å². The van der Waals surface area contributed by atoms with Crippen LogP contribution in [0.25, 0.3) is 0 Å². The summed E-state index contributed by atoms with van der Waals surface area (Å²) in [5.41, 5.74) is 0. The second-order valence-electron chi connectivity index (χ2n) is 3.16. The van der Waals surface area contributed by atoms with Gasteiger partial charge in [-0.25, -0.2) is 13.6 Å². The van der Waals surface area contributed by atoms with E-state index in [0.717, 1.165) is 29.5 Å². The summed E-state index contributed by atoms with van der Waals surface area (Å²) in [6.45, 7) is 0. The van der Waals surface area contributed by atoms with Gasteiger partial charge < -0.3 is 9.84 Å². The van der Waals surface area contributed by atoms with E-state index < -0.39 is 17.6 Å². The number of carboxylic acid groups (broad SMARTS) is 1. The maximum atomic E-state index is 12.9. The molecule has 17 heavy (non-hydrogen) atoms. The van der Waals surface area contributed by atoms with E-state index in [1.54, 1.807) is 0 Å². The highest BCUT2D eigenvalue weighted by Crippen LogP contribution is 2.27. The molecule has 0 saturated carbocycles. The zero-order valence-corrected chi connectivity index (χ0v) is 9.13. The maximum Gasteiger partial charge on any atom is 0.346 e. The third-order valence-corrected chi connectivity index (χ3v) is 2.75. The van der Waals surface area contributed by atoms with Crippen LogP contribution in [0, 0.1) is 11.6 Å². The van der Waals surface area contributed by atoms with Gasteiger partial charge in [-0.3, -0.25) is 0 Å². The lowest BCUT2D eigenvalue weighted by Gasteiger charge is -2.02. The van der Waals surface area contributed by atoms with Gasteiger partial charge in [0.25, 0.3) is 0 Å². The number of hydrogen-bond donors (Lipinski definition) is 1. The third-order valence-electron chi connectivity index (χ3n) is 1.86. The van der Waals surface area contributed by atoms with Gasteiger partial charge in [0.1, 0.15) is 28.0 Å². The first kappa shape index (κ1) is 11.5. The fourth-order valence-corrected chi connectivity index (χ4v) is 1.85.